The van der Waals surface area contributed by atoms with E-state index in [4.69, 9.17) is 11.6 Å². The Morgan fingerprint density at radius 1 is 0.900 bits per heavy atom. The molecule has 0 spiro atoms. The minimum Gasteiger partial charge on any atom is -0.0843 e. The maximum atomic E-state index is 6.27. The summed E-state index contributed by atoms with van der Waals surface area (Å²) in [7, 11) is 0. The summed E-state index contributed by atoms with van der Waals surface area (Å²) in [5.74, 6) is 0.412. The molecule has 0 radical (unpaired) electrons. The van der Waals surface area contributed by atoms with Gasteiger partial charge >= 0.3 is 0 Å². The molecule has 0 amide bonds. The van der Waals surface area contributed by atoms with Gasteiger partial charge in [0.2, 0.25) is 0 Å². The molecule has 1 heteroatoms. The third-order valence-corrected chi connectivity index (χ3v) is 4.55. The Morgan fingerprint density at radius 3 is 2.25 bits per heavy atom. The summed E-state index contributed by atoms with van der Waals surface area (Å²) in [4.78, 5) is 0. The van der Waals surface area contributed by atoms with Crippen molar-refractivity contribution in [2.24, 2.45) is 5.41 Å². The second-order valence-corrected chi connectivity index (χ2v) is 7.28. The molecule has 0 fully saturated rings. The minimum atomic E-state index is 0.180. The van der Waals surface area contributed by atoms with Crippen molar-refractivity contribution in [1.82, 2.24) is 0 Å². The van der Waals surface area contributed by atoms with Crippen LogP contribution in [0.1, 0.15) is 48.9 Å². The highest BCUT2D eigenvalue weighted by Gasteiger charge is 2.32. The van der Waals surface area contributed by atoms with Crippen molar-refractivity contribution < 1.29 is 0 Å². The quantitative estimate of drug-likeness (QED) is 0.589. The van der Waals surface area contributed by atoms with E-state index in [9.17, 15) is 0 Å². The number of hydrogen-bond donors (Lipinski definition) is 0. The Kier molecular flexibility index (Phi) is 3.38. The Labute approximate surface area is 126 Å². The topological polar surface area (TPSA) is 0 Å². The molecule has 1 aliphatic carbocycles. The van der Waals surface area contributed by atoms with Crippen molar-refractivity contribution in [3.63, 3.8) is 0 Å². The molecule has 0 nitrogen and oxygen atoms in total. The van der Waals surface area contributed by atoms with Gasteiger partial charge < -0.3 is 0 Å². The molecular formula is C19H21Cl. The maximum absolute atomic E-state index is 6.27. The van der Waals surface area contributed by atoms with E-state index in [-0.39, 0.29) is 5.41 Å². The van der Waals surface area contributed by atoms with Gasteiger partial charge in [0, 0.05) is 10.9 Å². The van der Waals surface area contributed by atoms with Crippen molar-refractivity contribution in [3.05, 3.63) is 69.7 Å². The van der Waals surface area contributed by atoms with E-state index in [1.165, 1.54) is 22.3 Å². The summed E-state index contributed by atoms with van der Waals surface area (Å²) < 4.78 is 0. The lowest BCUT2D eigenvalue weighted by molar-refractivity contribution is 0.357. The fraction of sp³-hybridized carbons (Fsp3) is 0.368. The zero-order valence-electron chi connectivity index (χ0n) is 12.4. The molecule has 0 aromatic heterocycles. The largest absolute Gasteiger partial charge is 0.0843 e. The highest BCUT2D eigenvalue weighted by molar-refractivity contribution is 6.30. The van der Waals surface area contributed by atoms with E-state index in [0.29, 0.717) is 5.92 Å². The standard InChI is InChI=1S/C19H21Cl/c1-19(2,3)18-16-7-5-4-6-13(16)8-9-14-10-11-15(20)12-17(14)18/h4-7,10-12,18H,8-9H2,1-3H3. The summed E-state index contributed by atoms with van der Waals surface area (Å²) >= 11 is 6.27. The number of benzene rings is 2. The third-order valence-electron chi connectivity index (χ3n) is 4.31. The molecule has 0 bridgehead atoms. The molecular weight excluding hydrogens is 264 g/mol. The second-order valence-electron chi connectivity index (χ2n) is 6.84. The molecule has 0 saturated heterocycles. The monoisotopic (exact) mass is 284 g/mol. The SMILES string of the molecule is CC(C)(C)C1c2ccccc2CCc2ccc(Cl)cc21. The lowest BCUT2D eigenvalue weighted by atomic mass is 9.71. The van der Waals surface area contributed by atoms with Crippen molar-refractivity contribution in [2.75, 3.05) is 0 Å². The first-order valence-electron chi connectivity index (χ1n) is 7.33. The summed E-state index contributed by atoms with van der Waals surface area (Å²) in [6.45, 7) is 6.97. The normalized spacial score (nSPS) is 18.1. The van der Waals surface area contributed by atoms with Crippen LogP contribution in [0.4, 0.5) is 0 Å². The smallest absolute Gasteiger partial charge is 0.0409 e. The van der Waals surface area contributed by atoms with Crippen molar-refractivity contribution in [2.45, 2.75) is 39.5 Å². The molecule has 1 atom stereocenters. The van der Waals surface area contributed by atoms with E-state index < -0.39 is 0 Å². The molecule has 3 rings (SSSR count). The van der Waals surface area contributed by atoms with Crippen LogP contribution in [0.25, 0.3) is 0 Å². The fourth-order valence-electron chi connectivity index (χ4n) is 3.48. The maximum Gasteiger partial charge on any atom is 0.0409 e. The van der Waals surface area contributed by atoms with Crippen LogP contribution in [0, 0.1) is 5.41 Å². The van der Waals surface area contributed by atoms with Gasteiger partial charge in [0.25, 0.3) is 0 Å². The van der Waals surface area contributed by atoms with Gasteiger partial charge in [0.15, 0.2) is 0 Å². The number of aryl methyl sites for hydroxylation is 2. The van der Waals surface area contributed by atoms with Crippen LogP contribution in [-0.4, -0.2) is 0 Å². The number of halogens is 1. The van der Waals surface area contributed by atoms with Crippen LogP contribution < -0.4 is 0 Å². The van der Waals surface area contributed by atoms with Gasteiger partial charge in [-0.25, -0.2) is 0 Å². The molecule has 104 valence electrons. The van der Waals surface area contributed by atoms with Crippen molar-refractivity contribution >= 4 is 11.6 Å². The first-order valence-corrected chi connectivity index (χ1v) is 7.71. The second kappa shape index (κ2) is 4.93. The van der Waals surface area contributed by atoms with Crippen LogP contribution in [0.5, 0.6) is 0 Å². The summed E-state index contributed by atoms with van der Waals surface area (Å²) in [6.07, 6.45) is 2.23. The lowest BCUT2D eigenvalue weighted by Gasteiger charge is -2.33. The van der Waals surface area contributed by atoms with Crippen LogP contribution in [0.3, 0.4) is 0 Å². The zero-order valence-corrected chi connectivity index (χ0v) is 13.2. The minimum absolute atomic E-state index is 0.180. The Hall–Kier alpha value is -1.27. The van der Waals surface area contributed by atoms with Crippen LogP contribution in [0.15, 0.2) is 42.5 Å². The molecule has 0 aliphatic heterocycles. The molecule has 0 heterocycles. The van der Waals surface area contributed by atoms with Crippen LogP contribution in [-0.2, 0) is 12.8 Å². The van der Waals surface area contributed by atoms with Gasteiger partial charge in [-0.2, -0.15) is 0 Å². The Morgan fingerprint density at radius 2 is 1.55 bits per heavy atom. The lowest BCUT2D eigenvalue weighted by Crippen LogP contribution is -2.20. The number of fused-ring (bicyclic) bond motifs is 2. The first kappa shape index (κ1) is 13.7. The van der Waals surface area contributed by atoms with Gasteiger partial charge in [-0.1, -0.05) is 62.7 Å². The average Bonchev–Trinajstić information content (AvgIpc) is 2.54. The van der Waals surface area contributed by atoms with Crippen LogP contribution >= 0.6 is 11.6 Å². The van der Waals surface area contributed by atoms with E-state index in [2.05, 4.69) is 57.2 Å². The summed E-state index contributed by atoms with van der Waals surface area (Å²) in [6, 6.07) is 15.3. The molecule has 0 saturated carbocycles. The van der Waals surface area contributed by atoms with Crippen LogP contribution in [0.2, 0.25) is 5.02 Å². The van der Waals surface area contributed by atoms with Gasteiger partial charge in [-0.3, -0.25) is 0 Å². The Balaban J connectivity index is 2.27. The number of hydrogen-bond acceptors (Lipinski definition) is 0. The molecule has 2 aromatic carbocycles. The summed E-state index contributed by atoms with van der Waals surface area (Å²) in [5.41, 5.74) is 6.00. The Bertz CT molecular complexity index is 634. The molecule has 0 N–H and O–H groups in total. The average molecular weight is 285 g/mol. The van der Waals surface area contributed by atoms with Crippen molar-refractivity contribution in [3.8, 4) is 0 Å². The molecule has 2 aromatic rings. The van der Waals surface area contributed by atoms with E-state index in [1.807, 2.05) is 6.07 Å². The third kappa shape index (κ3) is 2.38. The van der Waals surface area contributed by atoms with E-state index in [1.54, 1.807) is 0 Å². The van der Waals surface area contributed by atoms with Gasteiger partial charge in [0.05, 0.1) is 0 Å². The summed E-state index contributed by atoms with van der Waals surface area (Å²) in [5, 5.41) is 0.845. The molecule has 1 aliphatic rings. The molecule has 20 heavy (non-hydrogen) atoms. The van der Waals surface area contributed by atoms with E-state index >= 15 is 0 Å². The highest BCUT2D eigenvalue weighted by Crippen LogP contribution is 2.45. The highest BCUT2D eigenvalue weighted by atomic mass is 35.5. The molecule has 1 unspecified atom stereocenters. The van der Waals surface area contributed by atoms with Gasteiger partial charge in [0.1, 0.15) is 0 Å². The van der Waals surface area contributed by atoms with Crippen molar-refractivity contribution in [1.29, 1.82) is 0 Å². The first-order chi connectivity index (χ1) is 9.47. The van der Waals surface area contributed by atoms with E-state index in [0.717, 1.165) is 17.9 Å². The fourth-order valence-corrected chi connectivity index (χ4v) is 3.66. The number of rotatable bonds is 0. The predicted octanol–water partition coefficient (Wildman–Crippen LogP) is 5.62. The van der Waals surface area contributed by atoms with Gasteiger partial charge in [-0.05, 0) is 52.6 Å². The van der Waals surface area contributed by atoms with Gasteiger partial charge in [-0.15, -0.1) is 0 Å². The zero-order chi connectivity index (χ0) is 14.3. The predicted molar refractivity (Wildman–Crippen MR) is 86.6 cm³/mol.